The number of allylic oxidation sites excluding steroid dienone is 1. The zero-order chi connectivity index (χ0) is 31.2. The largest absolute Gasteiger partial charge is 0.472 e. The lowest BCUT2D eigenvalue weighted by molar-refractivity contribution is -0.123. The van der Waals surface area contributed by atoms with Gasteiger partial charge in [-0.1, -0.05) is 148 Å². The third-order valence-corrected chi connectivity index (χ3v) is 8.60. The standard InChI is InChI=1S/C33H67N2O6P/c1-3-5-7-9-11-13-15-17-18-20-22-24-26-32(36)31(30-41-42(38,39)40-29-28-34)35-33(37)27-25-23-21-19-16-14-12-10-8-6-4-2/h24,26,31-32,36H,3-23,25,27-30,34H2,1-2H3,(H,35,37)(H,38,39)/b26-24+/t31-,32+/m0/s1. The summed E-state index contributed by atoms with van der Waals surface area (Å²) in [6.45, 7) is 4.10. The van der Waals surface area contributed by atoms with Crippen molar-refractivity contribution in [2.45, 2.75) is 174 Å². The number of unbranched alkanes of at least 4 members (excludes halogenated alkanes) is 20. The first-order valence-corrected chi connectivity index (χ1v) is 18.8. The summed E-state index contributed by atoms with van der Waals surface area (Å²) in [6, 6.07) is -0.851. The molecule has 0 fully saturated rings. The Kier molecular flexibility index (Phi) is 29.7. The number of rotatable bonds is 32. The average Bonchev–Trinajstić information content (AvgIpc) is 2.97. The van der Waals surface area contributed by atoms with E-state index in [-0.39, 0.29) is 25.7 Å². The third kappa shape index (κ3) is 28.0. The molecule has 0 bridgehead atoms. The second-order valence-corrected chi connectivity index (χ2v) is 13.2. The van der Waals surface area contributed by atoms with Crippen LogP contribution in [0.5, 0.6) is 0 Å². The number of nitrogens with one attached hydrogen (secondary N) is 1. The number of phosphoric ester groups is 1. The fourth-order valence-corrected chi connectivity index (χ4v) is 5.71. The molecule has 0 saturated heterocycles. The van der Waals surface area contributed by atoms with E-state index in [4.69, 9.17) is 14.8 Å². The van der Waals surface area contributed by atoms with Crippen molar-refractivity contribution in [3.8, 4) is 0 Å². The summed E-state index contributed by atoms with van der Waals surface area (Å²) in [6.07, 6.45) is 29.6. The van der Waals surface area contributed by atoms with Crippen LogP contribution in [-0.2, 0) is 18.4 Å². The fraction of sp³-hybridized carbons (Fsp3) is 0.909. The van der Waals surface area contributed by atoms with Gasteiger partial charge >= 0.3 is 7.82 Å². The van der Waals surface area contributed by atoms with Gasteiger partial charge < -0.3 is 21.1 Å². The van der Waals surface area contributed by atoms with Crippen molar-refractivity contribution in [1.29, 1.82) is 0 Å². The molecule has 1 amide bonds. The molecule has 5 N–H and O–H groups in total. The number of nitrogens with two attached hydrogens (primary N) is 1. The molecule has 0 aromatic rings. The van der Waals surface area contributed by atoms with Crippen LogP contribution in [0.1, 0.15) is 162 Å². The Morgan fingerprint density at radius 1 is 0.762 bits per heavy atom. The Balaban J connectivity index is 4.38. The van der Waals surface area contributed by atoms with Crippen molar-refractivity contribution in [1.82, 2.24) is 5.32 Å². The first-order valence-electron chi connectivity index (χ1n) is 17.3. The van der Waals surface area contributed by atoms with Crippen LogP contribution in [0.2, 0.25) is 0 Å². The van der Waals surface area contributed by atoms with Gasteiger partial charge in [-0.25, -0.2) is 4.57 Å². The number of aliphatic hydroxyl groups excluding tert-OH is 1. The van der Waals surface area contributed by atoms with Crippen molar-refractivity contribution in [3.63, 3.8) is 0 Å². The molecule has 0 aliphatic heterocycles. The number of phosphoric acid groups is 1. The van der Waals surface area contributed by atoms with Gasteiger partial charge in [-0.15, -0.1) is 0 Å². The maximum absolute atomic E-state index is 12.6. The Bertz CT molecular complexity index is 679. The maximum atomic E-state index is 12.6. The Morgan fingerprint density at radius 3 is 1.69 bits per heavy atom. The van der Waals surface area contributed by atoms with Crippen molar-refractivity contribution in [2.24, 2.45) is 5.73 Å². The van der Waals surface area contributed by atoms with Gasteiger partial charge in [0.05, 0.1) is 25.4 Å². The molecular formula is C33H67N2O6P. The molecule has 0 aromatic heterocycles. The predicted molar refractivity (Wildman–Crippen MR) is 175 cm³/mol. The summed E-state index contributed by atoms with van der Waals surface area (Å²) in [5, 5.41) is 13.5. The fourth-order valence-electron chi connectivity index (χ4n) is 4.95. The first kappa shape index (κ1) is 41.2. The number of aliphatic hydroxyl groups is 1. The van der Waals surface area contributed by atoms with Crippen LogP contribution >= 0.6 is 7.82 Å². The molecule has 0 heterocycles. The van der Waals surface area contributed by atoms with Crippen LogP contribution in [0.4, 0.5) is 0 Å². The van der Waals surface area contributed by atoms with Crippen LogP contribution in [0.25, 0.3) is 0 Å². The van der Waals surface area contributed by atoms with Crippen LogP contribution < -0.4 is 11.1 Å². The molecule has 0 aliphatic rings. The zero-order valence-corrected chi connectivity index (χ0v) is 28.1. The predicted octanol–water partition coefficient (Wildman–Crippen LogP) is 8.49. The highest BCUT2D eigenvalue weighted by atomic mass is 31.2. The minimum absolute atomic E-state index is 0.0807. The smallest absolute Gasteiger partial charge is 0.387 e. The normalized spacial score (nSPS) is 14.7. The van der Waals surface area contributed by atoms with E-state index in [1.165, 1.54) is 103 Å². The van der Waals surface area contributed by atoms with E-state index in [0.717, 1.165) is 38.5 Å². The monoisotopic (exact) mass is 618 g/mol. The Hall–Kier alpha value is -0.760. The minimum Gasteiger partial charge on any atom is -0.387 e. The quantitative estimate of drug-likeness (QED) is 0.0338. The molecule has 1 unspecified atom stereocenters. The Morgan fingerprint density at radius 2 is 1.21 bits per heavy atom. The van der Waals surface area contributed by atoms with Gasteiger partial charge in [-0.05, 0) is 19.3 Å². The second kappa shape index (κ2) is 30.3. The minimum atomic E-state index is -4.32. The van der Waals surface area contributed by atoms with Gasteiger partial charge in [0.15, 0.2) is 0 Å². The molecule has 0 spiro atoms. The lowest BCUT2D eigenvalue weighted by atomic mass is 10.0. The lowest BCUT2D eigenvalue weighted by Gasteiger charge is -2.23. The molecule has 0 radical (unpaired) electrons. The van der Waals surface area contributed by atoms with E-state index in [0.29, 0.717) is 6.42 Å². The van der Waals surface area contributed by atoms with Crippen molar-refractivity contribution in [2.75, 3.05) is 19.8 Å². The molecular weight excluding hydrogens is 551 g/mol. The molecule has 250 valence electrons. The number of carbonyl (C=O) groups is 1. The van der Waals surface area contributed by atoms with Crippen LogP contribution in [0, 0.1) is 0 Å². The average molecular weight is 619 g/mol. The number of carbonyl (C=O) groups excluding carboxylic acids is 1. The molecule has 3 atom stereocenters. The van der Waals surface area contributed by atoms with Gasteiger partial charge in [-0.2, -0.15) is 0 Å². The SMILES string of the molecule is CCCCCCCCCCCC/C=C/[C@@H](O)[C@H](COP(=O)(O)OCCN)NC(=O)CCCCCCCCCCCCC. The topological polar surface area (TPSA) is 131 Å². The van der Waals surface area contributed by atoms with E-state index in [9.17, 15) is 19.4 Å². The van der Waals surface area contributed by atoms with Crippen LogP contribution in [-0.4, -0.2) is 47.8 Å². The van der Waals surface area contributed by atoms with E-state index in [2.05, 4.69) is 19.2 Å². The summed E-state index contributed by atoms with van der Waals surface area (Å²) in [4.78, 5) is 22.5. The lowest BCUT2D eigenvalue weighted by Crippen LogP contribution is -2.45. The maximum Gasteiger partial charge on any atom is 0.472 e. The summed E-state index contributed by atoms with van der Waals surface area (Å²) < 4.78 is 21.9. The first-order chi connectivity index (χ1) is 20.4. The molecule has 0 saturated carbocycles. The molecule has 9 heteroatoms. The molecule has 8 nitrogen and oxygen atoms in total. The van der Waals surface area contributed by atoms with Gasteiger partial charge in [-0.3, -0.25) is 13.8 Å². The highest BCUT2D eigenvalue weighted by Crippen LogP contribution is 2.43. The van der Waals surface area contributed by atoms with Gasteiger partial charge in [0.25, 0.3) is 0 Å². The van der Waals surface area contributed by atoms with Crippen LogP contribution in [0.15, 0.2) is 12.2 Å². The number of hydrogen-bond acceptors (Lipinski definition) is 6. The molecule has 42 heavy (non-hydrogen) atoms. The Labute approximate surface area is 258 Å². The second-order valence-electron chi connectivity index (χ2n) is 11.7. The number of amides is 1. The van der Waals surface area contributed by atoms with Crippen molar-refractivity contribution < 1.29 is 28.4 Å². The molecule has 0 aromatic carbocycles. The summed E-state index contributed by atoms with van der Waals surface area (Å²) in [5.41, 5.74) is 5.34. The highest BCUT2D eigenvalue weighted by Gasteiger charge is 2.26. The highest BCUT2D eigenvalue weighted by molar-refractivity contribution is 7.47. The van der Waals surface area contributed by atoms with Crippen molar-refractivity contribution in [3.05, 3.63) is 12.2 Å². The van der Waals surface area contributed by atoms with Gasteiger partial charge in [0.1, 0.15) is 0 Å². The third-order valence-electron chi connectivity index (χ3n) is 7.61. The van der Waals surface area contributed by atoms with E-state index in [1.54, 1.807) is 6.08 Å². The summed E-state index contributed by atoms with van der Waals surface area (Å²) in [5.74, 6) is -0.197. The van der Waals surface area contributed by atoms with Gasteiger partial charge in [0, 0.05) is 13.0 Å². The van der Waals surface area contributed by atoms with Crippen LogP contribution in [0.3, 0.4) is 0 Å². The molecule has 0 rings (SSSR count). The molecule has 0 aliphatic carbocycles. The van der Waals surface area contributed by atoms with E-state index in [1.807, 2.05) is 6.08 Å². The van der Waals surface area contributed by atoms with E-state index < -0.39 is 20.0 Å². The summed E-state index contributed by atoms with van der Waals surface area (Å²) in [7, 11) is -4.32. The van der Waals surface area contributed by atoms with Gasteiger partial charge in [0.2, 0.25) is 5.91 Å². The van der Waals surface area contributed by atoms with E-state index >= 15 is 0 Å². The number of hydrogen-bond donors (Lipinski definition) is 4. The van der Waals surface area contributed by atoms with Crippen molar-refractivity contribution >= 4 is 13.7 Å². The zero-order valence-electron chi connectivity index (χ0n) is 27.2. The summed E-state index contributed by atoms with van der Waals surface area (Å²) >= 11 is 0.